The minimum Gasteiger partial charge on any atom is -1.00 e. The normalized spacial score (nSPS) is 19.9. The van der Waals surface area contributed by atoms with E-state index in [0.717, 1.165) is 0 Å². The molecule has 0 N–H and O–H groups in total. The van der Waals surface area contributed by atoms with Crippen LogP contribution in [0, 0.1) is 0 Å². The first kappa shape index (κ1) is 25.7. The fraction of sp³-hybridized carbons (Fsp3) is 1.00. The van der Waals surface area contributed by atoms with Crippen molar-refractivity contribution in [3.05, 3.63) is 10.6 Å². The third kappa shape index (κ3) is 13.2. The summed E-state index contributed by atoms with van der Waals surface area (Å²) in [6.07, 6.45) is 13.9. The monoisotopic (exact) mass is 562 g/mol. The SMILES string of the molecule is C[N-]C1CCCCC1.C[N-]C1CCCCC1.[Br-].[Br-].[Hf+4]. The van der Waals surface area contributed by atoms with Gasteiger partial charge in [0.05, 0.1) is 0 Å². The van der Waals surface area contributed by atoms with Gasteiger partial charge in [-0.05, 0) is 0 Å². The summed E-state index contributed by atoms with van der Waals surface area (Å²) in [5.41, 5.74) is 0. The topological polar surface area (TPSA) is 28.2 Å². The van der Waals surface area contributed by atoms with Gasteiger partial charge in [-0.2, -0.15) is 14.1 Å². The fourth-order valence-corrected chi connectivity index (χ4v) is 2.68. The molecule has 0 aliphatic heterocycles. The maximum atomic E-state index is 4.25. The van der Waals surface area contributed by atoms with Gasteiger partial charge in [0.15, 0.2) is 0 Å². The summed E-state index contributed by atoms with van der Waals surface area (Å²) in [5, 5.41) is 8.50. The van der Waals surface area contributed by atoms with Crippen LogP contribution in [0.5, 0.6) is 0 Å². The third-order valence-corrected chi connectivity index (χ3v) is 3.88. The summed E-state index contributed by atoms with van der Waals surface area (Å²) in [4.78, 5) is 0. The van der Waals surface area contributed by atoms with Crippen molar-refractivity contribution >= 4 is 0 Å². The third-order valence-electron chi connectivity index (χ3n) is 3.88. The van der Waals surface area contributed by atoms with Crippen LogP contribution >= 0.6 is 0 Å². The average molecular weight is 563 g/mol. The Kier molecular flexibility index (Phi) is 24.1. The molecule has 2 saturated carbocycles. The number of hydrogen-bond acceptors (Lipinski definition) is 0. The first-order valence-electron chi connectivity index (χ1n) is 7.04. The Balaban J connectivity index is -0.000000233. The summed E-state index contributed by atoms with van der Waals surface area (Å²) in [6, 6.07) is 1.42. The van der Waals surface area contributed by atoms with E-state index in [2.05, 4.69) is 10.6 Å². The van der Waals surface area contributed by atoms with Crippen molar-refractivity contribution in [1.82, 2.24) is 0 Å². The Morgan fingerprint density at radius 3 is 1.00 bits per heavy atom. The van der Waals surface area contributed by atoms with Crippen LogP contribution < -0.4 is 34.0 Å². The Bertz CT molecular complexity index is 144. The van der Waals surface area contributed by atoms with Crippen molar-refractivity contribution < 1.29 is 59.8 Å². The van der Waals surface area contributed by atoms with Gasteiger partial charge in [0.2, 0.25) is 0 Å². The summed E-state index contributed by atoms with van der Waals surface area (Å²) in [5.74, 6) is 0. The number of rotatable bonds is 2. The maximum Gasteiger partial charge on any atom is 4.00 e. The van der Waals surface area contributed by atoms with Gasteiger partial charge < -0.3 is 44.6 Å². The minimum atomic E-state index is 0. The summed E-state index contributed by atoms with van der Waals surface area (Å²) < 4.78 is 0. The van der Waals surface area contributed by atoms with Crippen molar-refractivity contribution in [2.45, 2.75) is 76.3 Å². The van der Waals surface area contributed by atoms with Crippen molar-refractivity contribution in [2.75, 3.05) is 14.1 Å². The number of halogens is 2. The average Bonchev–Trinajstić information content (AvgIpc) is 2.41. The molecule has 2 aliphatic rings. The molecule has 0 amide bonds. The number of nitrogens with zero attached hydrogens (tertiary/aromatic N) is 2. The van der Waals surface area contributed by atoms with Gasteiger partial charge in [0.25, 0.3) is 0 Å². The molecule has 19 heavy (non-hydrogen) atoms. The number of hydrogen-bond donors (Lipinski definition) is 0. The molecule has 5 heteroatoms. The molecule has 112 valence electrons. The Morgan fingerprint density at radius 1 is 0.579 bits per heavy atom. The van der Waals surface area contributed by atoms with Crippen LogP contribution in [0.15, 0.2) is 0 Å². The van der Waals surface area contributed by atoms with Gasteiger partial charge in [-0.3, -0.25) is 0 Å². The van der Waals surface area contributed by atoms with E-state index < -0.39 is 0 Å². The van der Waals surface area contributed by atoms with Crippen LogP contribution in [0.3, 0.4) is 0 Å². The van der Waals surface area contributed by atoms with Crippen LogP contribution in [0.1, 0.15) is 64.2 Å². The van der Waals surface area contributed by atoms with E-state index in [1.807, 2.05) is 14.1 Å². The van der Waals surface area contributed by atoms with E-state index in [1.54, 1.807) is 0 Å². The Morgan fingerprint density at radius 2 is 0.842 bits per heavy atom. The second kappa shape index (κ2) is 17.8. The minimum absolute atomic E-state index is 0. The molecule has 2 rings (SSSR count). The van der Waals surface area contributed by atoms with Gasteiger partial charge in [-0.15, -0.1) is 12.1 Å². The van der Waals surface area contributed by atoms with Gasteiger partial charge in [-0.25, -0.2) is 0 Å². The fourth-order valence-electron chi connectivity index (χ4n) is 2.68. The predicted octanol–water partition coefficient (Wildman–Crippen LogP) is -1.35. The van der Waals surface area contributed by atoms with Crippen molar-refractivity contribution in [3.63, 3.8) is 0 Å². The zero-order valence-electron chi connectivity index (χ0n) is 12.4. The molecular weight excluding hydrogens is 534 g/mol. The molecule has 2 fully saturated rings. The van der Waals surface area contributed by atoms with Crippen LogP contribution in [0.25, 0.3) is 10.6 Å². The standard InChI is InChI=1S/2C7H14N.2BrH.Hf/c2*1-8-7-5-3-2-4-6-7;;;/h2*7H,2-6H2,1H3;2*1H;/q2*-1;;;+4/p-2. The van der Waals surface area contributed by atoms with E-state index in [1.165, 1.54) is 64.2 Å². The molecule has 0 atom stereocenters. The Labute approximate surface area is 160 Å². The summed E-state index contributed by atoms with van der Waals surface area (Å²) >= 11 is 0. The van der Waals surface area contributed by atoms with E-state index in [4.69, 9.17) is 0 Å². The van der Waals surface area contributed by atoms with E-state index >= 15 is 0 Å². The van der Waals surface area contributed by atoms with Crippen LogP contribution in [0.4, 0.5) is 0 Å². The molecule has 0 bridgehead atoms. The molecule has 2 aliphatic carbocycles. The molecule has 0 saturated heterocycles. The first-order chi connectivity index (χ1) is 7.86. The smallest absolute Gasteiger partial charge is 1.00 e. The molecular formula is C14H28Br2HfN2. The molecule has 0 aromatic heterocycles. The van der Waals surface area contributed by atoms with Crippen LogP contribution in [-0.4, -0.2) is 26.2 Å². The first-order valence-corrected chi connectivity index (χ1v) is 7.04. The van der Waals surface area contributed by atoms with E-state index in [-0.39, 0.29) is 59.8 Å². The summed E-state index contributed by atoms with van der Waals surface area (Å²) in [6.45, 7) is 0. The largest absolute Gasteiger partial charge is 4.00 e. The molecule has 0 aromatic carbocycles. The van der Waals surface area contributed by atoms with Crippen molar-refractivity contribution in [1.29, 1.82) is 0 Å². The molecule has 0 aromatic rings. The van der Waals surface area contributed by atoms with Gasteiger partial charge in [0.1, 0.15) is 0 Å². The van der Waals surface area contributed by atoms with Gasteiger partial charge in [0, 0.05) is 0 Å². The van der Waals surface area contributed by atoms with E-state index in [0.29, 0.717) is 12.1 Å². The zero-order chi connectivity index (χ0) is 11.6. The van der Waals surface area contributed by atoms with Crippen molar-refractivity contribution in [3.8, 4) is 0 Å². The molecule has 0 unspecified atom stereocenters. The Hall–Kier alpha value is 1.75. The van der Waals surface area contributed by atoms with Crippen molar-refractivity contribution in [2.24, 2.45) is 0 Å². The second-order valence-electron chi connectivity index (χ2n) is 5.10. The molecule has 0 heterocycles. The maximum absolute atomic E-state index is 4.25. The quantitative estimate of drug-likeness (QED) is 0.373. The molecule has 2 nitrogen and oxygen atoms in total. The molecule has 0 spiro atoms. The second-order valence-corrected chi connectivity index (χ2v) is 5.10. The van der Waals surface area contributed by atoms with E-state index in [9.17, 15) is 0 Å². The van der Waals surface area contributed by atoms with Gasteiger partial charge in [-0.1, -0.05) is 64.2 Å². The zero-order valence-corrected chi connectivity index (χ0v) is 19.1. The predicted molar refractivity (Wildman–Crippen MR) is 72.3 cm³/mol. The van der Waals surface area contributed by atoms with Gasteiger partial charge >= 0.3 is 25.8 Å². The summed E-state index contributed by atoms with van der Waals surface area (Å²) in [7, 11) is 3.88. The molecule has 0 radical (unpaired) electrons. The van der Waals surface area contributed by atoms with Crippen LogP contribution in [-0.2, 0) is 25.8 Å². The van der Waals surface area contributed by atoms with Crippen LogP contribution in [0.2, 0.25) is 0 Å².